The highest BCUT2D eigenvalue weighted by Gasteiger charge is 2.44. The summed E-state index contributed by atoms with van der Waals surface area (Å²) in [7, 11) is 0. The number of hydrogen-bond donors (Lipinski definition) is 1. The first-order valence-corrected chi connectivity index (χ1v) is 7.59. The zero-order valence-electron chi connectivity index (χ0n) is 14.2. The Hall–Kier alpha value is -1.95. The minimum absolute atomic E-state index is 0.0801. The molecule has 23 heavy (non-hydrogen) atoms. The first-order valence-electron chi connectivity index (χ1n) is 7.59. The minimum atomic E-state index is -1.09. The van der Waals surface area contributed by atoms with Crippen molar-refractivity contribution in [1.29, 1.82) is 0 Å². The minimum Gasteiger partial charge on any atom is -0.458 e. The quantitative estimate of drug-likeness (QED) is 0.610. The third kappa shape index (κ3) is 4.51. The molecule has 0 unspecified atom stereocenters. The maximum atomic E-state index is 12.5. The molecule has 0 aromatic heterocycles. The van der Waals surface area contributed by atoms with Gasteiger partial charge >= 0.3 is 11.9 Å². The van der Waals surface area contributed by atoms with Crippen LogP contribution in [-0.4, -0.2) is 41.6 Å². The van der Waals surface area contributed by atoms with Gasteiger partial charge in [-0.05, 0) is 25.8 Å². The number of carbonyl (C=O) groups is 3. The average Bonchev–Trinajstić information content (AvgIpc) is 2.48. The van der Waals surface area contributed by atoms with Crippen LogP contribution in [0.15, 0.2) is 23.3 Å². The predicted molar refractivity (Wildman–Crippen MR) is 83.4 cm³/mol. The molecule has 3 atom stereocenters. The smallest absolute Gasteiger partial charge is 0.334 e. The van der Waals surface area contributed by atoms with Gasteiger partial charge in [0.15, 0.2) is 6.10 Å². The number of hydrogen-bond acceptors (Lipinski definition) is 6. The lowest BCUT2D eigenvalue weighted by molar-refractivity contribution is -0.164. The molecule has 0 saturated carbocycles. The third-order valence-electron chi connectivity index (χ3n) is 3.90. The number of rotatable bonds is 5. The Morgan fingerprint density at radius 3 is 2.35 bits per heavy atom. The second-order valence-electron chi connectivity index (χ2n) is 5.91. The van der Waals surface area contributed by atoms with Crippen LogP contribution in [0.3, 0.4) is 0 Å². The molecule has 1 N–H and O–H groups in total. The zero-order chi connectivity index (χ0) is 17.7. The van der Waals surface area contributed by atoms with Gasteiger partial charge in [0.05, 0.1) is 6.61 Å². The van der Waals surface area contributed by atoms with E-state index in [0.29, 0.717) is 5.57 Å². The summed E-state index contributed by atoms with van der Waals surface area (Å²) >= 11 is 0. The van der Waals surface area contributed by atoms with Crippen LogP contribution in [0.5, 0.6) is 0 Å². The van der Waals surface area contributed by atoms with E-state index in [2.05, 4.69) is 0 Å². The highest BCUT2D eigenvalue weighted by Crippen LogP contribution is 2.32. The van der Waals surface area contributed by atoms with E-state index >= 15 is 0 Å². The fourth-order valence-corrected chi connectivity index (χ4v) is 2.54. The Labute approximate surface area is 136 Å². The van der Waals surface area contributed by atoms with Crippen molar-refractivity contribution >= 4 is 17.7 Å². The Balaban J connectivity index is 3.22. The summed E-state index contributed by atoms with van der Waals surface area (Å²) in [5, 5.41) is 9.36. The highest BCUT2D eigenvalue weighted by molar-refractivity contribution is 6.02. The molecule has 1 aliphatic rings. The van der Waals surface area contributed by atoms with E-state index in [4.69, 9.17) is 9.47 Å². The van der Waals surface area contributed by atoms with Crippen molar-refractivity contribution in [2.45, 2.75) is 46.8 Å². The number of allylic oxidation sites excluding steroid dienone is 1. The van der Waals surface area contributed by atoms with Crippen molar-refractivity contribution in [2.24, 2.45) is 11.8 Å². The molecule has 0 bridgehead atoms. The van der Waals surface area contributed by atoms with Gasteiger partial charge in [-0.3, -0.25) is 9.59 Å². The molecule has 0 radical (unpaired) electrons. The molecule has 1 rings (SSSR count). The number of esters is 2. The molecule has 0 spiro atoms. The molecular weight excluding hydrogens is 300 g/mol. The molecule has 128 valence electrons. The predicted octanol–water partition coefficient (Wildman–Crippen LogP) is 1.57. The number of aliphatic hydroxyl groups is 1. The monoisotopic (exact) mass is 324 g/mol. The second kappa shape index (κ2) is 8.06. The van der Waals surface area contributed by atoms with Crippen LogP contribution in [0.1, 0.15) is 34.6 Å². The summed E-state index contributed by atoms with van der Waals surface area (Å²) < 4.78 is 10.6. The first-order chi connectivity index (χ1) is 10.7. The highest BCUT2D eigenvalue weighted by atomic mass is 16.6. The van der Waals surface area contributed by atoms with E-state index in [0.717, 1.165) is 0 Å². The van der Waals surface area contributed by atoms with Crippen molar-refractivity contribution in [3.8, 4) is 0 Å². The molecule has 0 aromatic carbocycles. The molecule has 6 nitrogen and oxygen atoms in total. The van der Waals surface area contributed by atoms with Crippen molar-refractivity contribution in [3.05, 3.63) is 23.3 Å². The van der Waals surface area contributed by atoms with Crippen LogP contribution in [0.4, 0.5) is 0 Å². The fraction of sp³-hybridized carbons (Fsp3) is 0.588. The molecule has 0 saturated heterocycles. The Bertz CT molecular complexity index is 543. The van der Waals surface area contributed by atoms with E-state index in [1.54, 1.807) is 19.9 Å². The van der Waals surface area contributed by atoms with Gasteiger partial charge in [-0.1, -0.05) is 19.9 Å². The number of Topliss-reactive ketones (excluding diaryl/α,β-unsaturated/α-hetero) is 1. The lowest BCUT2D eigenvalue weighted by Crippen LogP contribution is -2.48. The normalized spacial score (nSPS) is 25.2. The van der Waals surface area contributed by atoms with Gasteiger partial charge in [-0.2, -0.15) is 0 Å². The summed E-state index contributed by atoms with van der Waals surface area (Å²) in [4.78, 5) is 35.9. The molecule has 6 heteroatoms. The average molecular weight is 324 g/mol. The SMILES string of the molecule is C/C=C(\C)C(=O)O[C@H]1C(=O)C(CO)=C[C@H](OC(C)=O)[C@@H]1C(C)C. The molecule has 0 aliphatic heterocycles. The largest absolute Gasteiger partial charge is 0.458 e. The molecule has 1 aliphatic carbocycles. The number of aliphatic hydroxyl groups excluding tert-OH is 1. The maximum Gasteiger partial charge on any atom is 0.334 e. The molecule has 0 heterocycles. The van der Waals surface area contributed by atoms with Gasteiger partial charge in [-0.15, -0.1) is 0 Å². The summed E-state index contributed by atoms with van der Waals surface area (Å²) in [6.45, 7) is 7.76. The van der Waals surface area contributed by atoms with Crippen LogP contribution in [0, 0.1) is 11.8 Å². The Morgan fingerprint density at radius 2 is 1.91 bits per heavy atom. The van der Waals surface area contributed by atoms with E-state index < -0.39 is 42.5 Å². The van der Waals surface area contributed by atoms with Gasteiger partial charge in [-0.25, -0.2) is 4.79 Å². The van der Waals surface area contributed by atoms with E-state index in [1.807, 2.05) is 13.8 Å². The number of ketones is 1. The molecule has 0 amide bonds. The van der Waals surface area contributed by atoms with Crippen LogP contribution in [0.25, 0.3) is 0 Å². The van der Waals surface area contributed by atoms with Crippen LogP contribution in [-0.2, 0) is 23.9 Å². The lowest BCUT2D eigenvalue weighted by atomic mass is 9.77. The van der Waals surface area contributed by atoms with E-state index in [-0.39, 0.29) is 11.5 Å². The van der Waals surface area contributed by atoms with E-state index in [9.17, 15) is 19.5 Å². The molecular formula is C17H24O6. The zero-order valence-corrected chi connectivity index (χ0v) is 14.2. The summed E-state index contributed by atoms with van der Waals surface area (Å²) in [6.07, 6.45) is 1.22. The van der Waals surface area contributed by atoms with Crippen LogP contribution < -0.4 is 0 Å². The van der Waals surface area contributed by atoms with Crippen molar-refractivity contribution < 1.29 is 29.0 Å². The van der Waals surface area contributed by atoms with Gasteiger partial charge in [0.2, 0.25) is 5.78 Å². The van der Waals surface area contributed by atoms with Crippen LogP contribution >= 0.6 is 0 Å². The summed E-state index contributed by atoms with van der Waals surface area (Å²) in [5.41, 5.74) is 0.466. The molecule has 0 aromatic rings. The topological polar surface area (TPSA) is 89.9 Å². The van der Waals surface area contributed by atoms with E-state index in [1.165, 1.54) is 13.0 Å². The third-order valence-corrected chi connectivity index (χ3v) is 3.90. The summed E-state index contributed by atoms with van der Waals surface area (Å²) in [6, 6.07) is 0. The maximum absolute atomic E-state index is 12.5. The molecule has 0 fully saturated rings. The second-order valence-corrected chi connectivity index (χ2v) is 5.91. The standard InChI is InChI=1S/C17H24O6/c1-6-10(4)17(21)23-16-14(9(2)3)13(22-11(5)19)7-12(8-18)15(16)20/h6-7,9,13-14,16,18H,8H2,1-5H3/b10-6+/t13-,14-,16+/m0/s1. The number of ether oxygens (including phenoxy) is 2. The number of carbonyl (C=O) groups excluding carboxylic acids is 3. The van der Waals surface area contributed by atoms with Gasteiger partial charge in [0.1, 0.15) is 6.10 Å². The van der Waals surface area contributed by atoms with Gasteiger partial charge < -0.3 is 14.6 Å². The van der Waals surface area contributed by atoms with Crippen molar-refractivity contribution in [3.63, 3.8) is 0 Å². The van der Waals surface area contributed by atoms with Gasteiger partial charge in [0.25, 0.3) is 0 Å². The fourth-order valence-electron chi connectivity index (χ4n) is 2.54. The first kappa shape index (κ1) is 19.1. The van der Waals surface area contributed by atoms with Gasteiger partial charge in [0, 0.05) is 24.0 Å². The van der Waals surface area contributed by atoms with Crippen molar-refractivity contribution in [1.82, 2.24) is 0 Å². The Morgan fingerprint density at radius 1 is 1.30 bits per heavy atom. The Kier molecular flexibility index (Phi) is 6.69. The lowest BCUT2D eigenvalue weighted by Gasteiger charge is -2.37. The van der Waals surface area contributed by atoms with Crippen molar-refractivity contribution in [2.75, 3.05) is 6.61 Å². The van der Waals surface area contributed by atoms with Crippen LogP contribution in [0.2, 0.25) is 0 Å². The summed E-state index contributed by atoms with van der Waals surface area (Å²) in [5.74, 6) is -2.14.